The first-order valence-corrected chi connectivity index (χ1v) is 10.0. The van der Waals surface area contributed by atoms with Gasteiger partial charge in [-0.05, 0) is 56.5 Å². The molecule has 2 heterocycles. The molecule has 0 bridgehead atoms. The predicted molar refractivity (Wildman–Crippen MR) is 108 cm³/mol. The predicted octanol–water partition coefficient (Wildman–Crippen LogP) is 4.57. The molecule has 0 radical (unpaired) electrons. The Bertz CT molecular complexity index is 963. The number of ether oxygens (including phenoxy) is 1. The van der Waals surface area contributed by atoms with Crippen LogP contribution < -0.4 is 4.74 Å². The van der Waals surface area contributed by atoms with Gasteiger partial charge in [-0.2, -0.15) is 5.10 Å². The Morgan fingerprint density at radius 3 is 2.64 bits per heavy atom. The Morgan fingerprint density at radius 2 is 2.00 bits per heavy atom. The van der Waals surface area contributed by atoms with Crippen LogP contribution in [0.15, 0.2) is 35.7 Å². The number of amides is 1. The third-order valence-electron chi connectivity index (χ3n) is 4.66. The highest BCUT2D eigenvalue weighted by Gasteiger charge is 2.18. The summed E-state index contributed by atoms with van der Waals surface area (Å²) in [5.74, 6) is 0.270. The lowest BCUT2D eigenvalue weighted by Gasteiger charge is -2.16. The molecule has 28 heavy (non-hydrogen) atoms. The van der Waals surface area contributed by atoms with Crippen LogP contribution in [0.25, 0.3) is 0 Å². The van der Waals surface area contributed by atoms with Crippen LogP contribution in [-0.4, -0.2) is 27.6 Å². The summed E-state index contributed by atoms with van der Waals surface area (Å²) in [7, 11) is 1.80. The van der Waals surface area contributed by atoms with Crippen molar-refractivity contribution in [1.82, 2.24) is 14.7 Å². The SMILES string of the molecule is CCn1nc(C)c(CN(C)C(=O)c2cc(COc3ccc(F)cc3)cs2)c1C. The van der Waals surface area contributed by atoms with Crippen LogP contribution >= 0.6 is 11.3 Å². The second-order valence-electron chi connectivity index (χ2n) is 6.69. The van der Waals surface area contributed by atoms with E-state index < -0.39 is 0 Å². The van der Waals surface area contributed by atoms with Gasteiger partial charge < -0.3 is 9.64 Å². The average Bonchev–Trinajstić information content (AvgIpc) is 3.26. The van der Waals surface area contributed by atoms with Crippen molar-refractivity contribution in [1.29, 1.82) is 0 Å². The van der Waals surface area contributed by atoms with Crippen LogP contribution in [0.3, 0.4) is 0 Å². The molecule has 2 aromatic heterocycles. The van der Waals surface area contributed by atoms with Gasteiger partial charge in [0.05, 0.1) is 10.6 Å². The zero-order chi connectivity index (χ0) is 20.3. The van der Waals surface area contributed by atoms with E-state index in [1.54, 1.807) is 24.1 Å². The summed E-state index contributed by atoms with van der Waals surface area (Å²) in [6.07, 6.45) is 0. The van der Waals surface area contributed by atoms with Gasteiger partial charge in [0, 0.05) is 37.0 Å². The molecule has 0 aliphatic carbocycles. The number of nitrogens with zero attached hydrogens (tertiary/aromatic N) is 3. The lowest BCUT2D eigenvalue weighted by Crippen LogP contribution is -2.26. The van der Waals surface area contributed by atoms with E-state index in [1.165, 1.54) is 23.5 Å². The minimum atomic E-state index is -0.297. The first-order chi connectivity index (χ1) is 13.4. The third-order valence-corrected chi connectivity index (χ3v) is 5.62. The molecule has 0 fully saturated rings. The molecule has 3 aromatic rings. The summed E-state index contributed by atoms with van der Waals surface area (Å²) in [4.78, 5) is 15.2. The van der Waals surface area contributed by atoms with E-state index in [9.17, 15) is 9.18 Å². The number of rotatable bonds is 7. The van der Waals surface area contributed by atoms with E-state index in [-0.39, 0.29) is 11.7 Å². The van der Waals surface area contributed by atoms with Gasteiger partial charge in [0.2, 0.25) is 0 Å². The summed E-state index contributed by atoms with van der Waals surface area (Å²) in [5.41, 5.74) is 4.06. The number of thiophene rings is 1. The van der Waals surface area contributed by atoms with Crippen molar-refractivity contribution < 1.29 is 13.9 Å². The Morgan fingerprint density at radius 1 is 1.29 bits per heavy atom. The molecule has 7 heteroatoms. The number of aryl methyl sites for hydroxylation is 2. The lowest BCUT2D eigenvalue weighted by molar-refractivity contribution is 0.0789. The van der Waals surface area contributed by atoms with E-state index in [0.717, 1.165) is 29.1 Å². The van der Waals surface area contributed by atoms with Gasteiger partial charge in [-0.3, -0.25) is 9.48 Å². The van der Waals surface area contributed by atoms with E-state index >= 15 is 0 Å². The van der Waals surface area contributed by atoms with Gasteiger partial charge in [-0.25, -0.2) is 4.39 Å². The maximum atomic E-state index is 12.9. The van der Waals surface area contributed by atoms with Gasteiger partial charge in [-0.15, -0.1) is 11.3 Å². The molecule has 1 amide bonds. The molecule has 0 aliphatic heterocycles. The number of hydrogen-bond acceptors (Lipinski definition) is 4. The monoisotopic (exact) mass is 401 g/mol. The van der Waals surface area contributed by atoms with Crippen LogP contribution in [0.2, 0.25) is 0 Å². The Kier molecular flexibility index (Phi) is 6.14. The molecule has 0 spiro atoms. The first-order valence-electron chi connectivity index (χ1n) is 9.13. The van der Waals surface area contributed by atoms with Crippen molar-refractivity contribution in [2.45, 2.75) is 40.5 Å². The van der Waals surface area contributed by atoms with Crippen LogP contribution in [0.4, 0.5) is 4.39 Å². The first kappa shape index (κ1) is 20.1. The van der Waals surface area contributed by atoms with E-state index in [4.69, 9.17) is 4.74 Å². The fraction of sp³-hybridized carbons (Fsp3) is 0.333. The second-order valence-corrected chi connectivity index (χ2v) is 7.60. The largest absolute Gasteiger partial charge is 0.489 e. The highest BCUT2D eigenvalue weighted by Crippen LogP contribution is 2.21. The summed E-state index contributed by atoms with van der Waals surface area (Å²) in [6.45, 7) is 7.73. The normalized spacial score (nSPS) is 10.9. The molecular weight excluding hydrogens is 377 g/mol. The van der Waals surface area contributed by atoms with Crippen molar-refractivity contribution in [2.24, 2.45) is 0 Å². The maximum absolute atomic E-state index is 12.9. The van der Waals surface area contributed by atoms with Crippen LogP contribution in [-0.2, 0) is 19.7 Å². The molecule has 148 valence electrons. The van der Waals surface area contributed by atoms with Crippen LogP contribution in [0.1, 0.15) is 39.1 Å². The van der Waals surface area contributed by atoms with Crippen molar-refractivity contribution in [3.63, 3.8) is 0 Å². The second kappa shape index (κ2) is 8.56. The van der Waals surface area contributed by atoms with E-state index in [1.807, 2.05) is 30.0 Å². The van der Waals surface area contributed by atoms with Gasteiger partial charge >= 0.3 is 0 Å². The van der Waals surface area contributed by atoms with Crippen LogP contribution in [0.5, 0.6) is 5.75 Å². The van der Waals surface area contributed by atoms with Crippen LogP contribution in [0, 0.1) is 19.7 Å². The molecule has 3 rings (SSSR count). The van der Waals surface area contributed by atoms with Gasteiger partial charge in [0.25, 0.3) is 5.91 Å². The fourth-order valence-corrected chi connectivity index (χ4v) is 3.92. The van der Waals surface area contributed by atoms with Gasteiger partial charge in [0.15, 0.2) is 0 Å². The molecule has 0 unspecified atom stereocenters. The number of aromatic nitrogens is 2. The Balaban J connectivity index is 1.63. The molecule has 5 nitrogen and oxygen atoms in total. The van der Waals surface area contributed by atoms with Crippen molar-refractivity contribution >= 4 is 17.2 Å². The number of carbonyl (C=O) groups excluding carboxylic acids is 1. The lowest BCUT2D eigenvalue weighted by atomic mass is 10.2. The van der Waals surface area contributed by atoms with E-state index in [0.29, 0.717) is 23.8 Å². The summed E-state index contributed by atoms with van der Waals surface area (Å²) in [6, 6.07) is 7.74. The quantitative estimate of drug-likeness (QED) is 0.583. The Labute approximate surface area is 168 Å². The number of carbonyl (C=O) groups is 1. The highest BCUT2D eigenvalue weighted by molar-refractivity contribution is 7.12. The number of benzene rings is 1. The molecular formula is C21H24FN3O2S. The number of hydrogen-bond donors (Lipinski definition) is 0. The third kappa shape index (κ3) is 4.42. The van der Waals surface area contributed by atoms with Crippen molar-refractivity contribution in [2.75, 3.05) is 7.05 Å². The molecule has 0 aliphatic rings. The summed E-state index contributed by atoms with van der Waals surface area (Å²) < 4.78 is 20.5. The maximum Gasteiger partial charge on any atom is 0.263 e. The minimum absolute atomic E-state index is 0.0268. The highest BCUT2D eigenvalue weighted by atomic mass is 32.1. The minimum Gasteiger partial charge on any atom is -0.489 e. The van der Waals surface area contributed by atoms with Gasteiger partial charge in [-0.1, -0.05) is 0 Å². The van der Waals surface area contributed by atoms with Crippen molar-refractivity contribution in [3.05, 3.63) is 68.9 Å². The molecule has 0 saturated heterocycles. The Hall–Kier alpha value is -2.67. The summed E-state index contributed by atoms with van der Waals surface area (Å²) in [5, 5.41) is 6.43. The molecule has 0 N–H and O–H groups in total. The van der Waals surface area contributed by atoms with Crippen molar-refractivity contribution in [3.8, 4) is 5.75 Å². The topological polar surface area (TPSA) is 47.4 Å². The average molecular weight is 402 g/mol. The zero-order valence-corrected chi connectivity index (χ0v) is 17.3. The molecule has 0 saturated carbocycles. The zero-order valence-electron chi connectivity index (χ0n) is 16.5. The molecule has 0 atom stereocenters. The molecule has 1 aromatic carbocycles. The number of halogens is 1. The summed E-state index contributed by atoms with van der Waals surface area (Å²) >= 11 is 1.40. The fourth-order valence-electron chi connectivity index (χ4n) is 3.03. The van der Waals surface area contributed by atoms with E-state index in [2.05, 4.69) is 12.0 Å². The van der Waals surface area contributed by atoms with Gasteiger partial charge in [0.1, 0.15) is 18.2 Å². The standard InChI is InChI=1S/C21H24FN3O2S/c1-5-25-15(3)19(14(2)23-25)11-24(4)21(26)20-10-16(13-28-20)12-27-18-8-6-17(22)7-9-18/h6-10,13H,5,11-12H2,1-4H3. The smallest absolute Gasteiger partial charge is 0.263 e.